The van der Waals surface area contributed by atoms with Crippen LogP contribution in [0.3, 0.4) is 0 Å². The normalized spacial score (nSPS) is 42.2. The molecule has 6 atom stereocenters. The Kier molecular flexibility index (Phi) is 2.12. The number of halogens is 1. The van der Waals surface area contributed by atoms with Gasteiger partial charge in [-0.1, -0.05) is 23.8 Å². The summed E-state index contributed by atoms with van der Waals surface area (Å²) < 4.78 is 0. The number of carbonyl (C=O) groups excluding carboxylic acids is 2. The van der Waals surface area contributed by atoms with E-state index in [4.69, 9.17) is 11.6 Å². The second-order valence-corrected chi connectivity index (χ2v) is 6.94. The largest absolute Gasteiger partial charge is 0.274 e. The first kappa shape index (κ1) is 11.9. The third-order valence-electron chi connectivity index (χ3n) is 5.60. The molecule has 21 heavy (non-hydrogen) atoms. The molecule has 3 fully saturated rings. The lowest BCUT2D eigenvalue weighted by Gasteiger charge is -2.37. The molecule has 1 aromatic rings. The van der Waals surface area contributed by atoms with Crippen molar-refractivity contribution < 1.29 is 9.59 Å². The van der Waals surface area contributed by atoms with Crippen LogP contribution in [-0.4, -0.2) is 16.8 Å². The Bertz CT molecular complexity index is 680. The highest BCUT2D eigenvalue weighted by Gasteiger charge is 2.67. The number of pyridine rings is 1. The van der Waals surface area contributed by atoms with Gasteiger partial charge in [-0.2, -0.15) is 0 Å². The predicted octanol–water partition coefficient (Wildman–Crippen LogP) is 2.29. The van der Waals surface area contributed by atoms with Crippen molar-refractivity contribution >= 4 is 29.2 Å². The summed E-state index contributed by atoms with van der Waals surface area (Å²) in [6.45, 7) is 0. The smallest absolute Gasteiger partial charge is 0.239 e. The Balaban J connectivity index is 1.60. The molecule has 1 aliphatic heterocycles. The van der Waals surface area contributed by atoms with Crippen molar-refractivity contribution in [2.75, 3.05) is 4.90 Å². The van der Waals surface area contributed by atoms with Crippen molar-refractivity contribution in [3.8, 4) is 0 Å². The molecule has 0 aromatic carbocycles. The second kappa shape index (κ2) is 3.74. The summed E-state index contributed by atoms with van der Waals surface area (Å²) >= 11 is 5.97. The number of carbonyl (C=O) groups is 2. The topological polar surface area (TPSA) is 50.3 Å². The average Bonchev–Trinajstić information content (AvgIpc) is 3.24. The molecule has 6 rings (SSSR count). The van der Waals surface area contributed by atoms with Gasteiger partial charge in [0.1, 0.15) is 5.82 Å². The molecule has 4 nitrogen and oxygen atoms in total. The standard InChI is InChI=1S/C16H13ClN2O2/c17-7-3-4-18-12(5-7)19-15(20)13-8-1-2-9(11-6-10(8)11)14(13)16(19)21/h1-5,8-11,13-14H,6H2/t8-,9-,10-,11-,13-,14+/m1/s1. The summed E-state index contributed by atoms with van der Waals surface area (Å²) in [4.78, 5) is 31.0. The lowest BCUT2D eigenvalue weighted by molar-refractivity contribution is -0.124. The van der Waals surface area contributed by atoms with Crippen molar-refractivity contribution in [3.63, 3.8) is 0 Å². The number of nitrogens with zero attached hydrogens (tertiary/aromatic N) is 2. The van der Waals surface area contributed by atoms with Gasteiger partial charge in [-0.25, -0.2) is 9.88 Å². The number of imide groups is 1. The number of aromatic nitrogens is 1. The first-order valence-electron chi connectivity index (χ1n) is 7.34. The van der Waals surface area contributed by atoms with Gasteiger partial charge in [0, 0.05) is 17.3 Å². The SMILES string of the molecule is O=C1[C@@H]2[C@@H]3C=C[C@H]([C@H]4C[C@H]34)[C@@H]2C(=O)N1c1cc(Cl)ccn1. The van der Waals surface area contributed by atoms with Crippen molar-refractivity contribution in [2.45, 2.75) is 6.42 Å². The predicted molar refractivity (Wildman–Crippen MR) is 76.4 cm³/mol. The zero-order chi connectivity index (χ0) is 14.3. The van der Waals surface area contributed by atoms with Gasteiger partial charge in [0.15, 0.2) is 0 Å². The molecule has 0 radical (unpaired) electrons. The fourth-order valence-electron chi connectivity index (χ4n) is 4.70. The summed E-state index contributed by atoms with van der Waals surface area (Å²) in [6, 6.07) is 3.23. The summed E-state index contributed by atoms with van der Waals surface area (Å²) in [7, 11) is 0. The van der Waals surface area contributed by atoms with Crippen LogP contribution < -0.4 is 4.90 Å². The molecule has 1 saturated heterocycles. The maximum Gasteiger partial charge on any atom is 0.239 e. The molecule has 0 unspecified atom stereocenters. The van der Waals surface area contributed by atoms with Gasteiger partial charge < -0.3 is 0 Å². The number of allylic oxidation sites excluding steroid dienone is 2. The molecule has 5 aliphatic rings. The Morgan fingerprint density at radius 1 is 1.10 bits per heavy atom. The molecule has 0 N–H and O–H groups in total. The molecule has 2 bridgehead atoms. The van der Waals surface area contributed by atoms with Gasteiger partial charge in [0.2, 0.25) is 11.8 Å². The first-order valence-corrected chi connectivity index (χ1v) is 7.72. The summed E-state index contributed by atoms with van der Waals surface area (Å²) in [5.41, 5.74) is 0. The molecule has 2 saturated carbocycles. The van der Waals surface area contributed by atoms with E-state index in [1.54, 1.807) is 12.1 Å². The van der Waals surface area contributed by atoms with E-state index in [0.29, 0.717) is 22.7 Å². The maximum atomic E-state index is 12.8. The van der Waals surface area contributed by atoms with Crippen LogP contribution in [0.25, 0.3) is 0 Å². The minimum Gasteiger partial charge on any atom is -0.274 e. The van der Waals surface area contributed by atoms with E-state index in [-0.39, 0.29) is 35.5 Å². The van der Waals surface area contributed by atoms with Gasteiger partial charge in [0.05, 0.1) is 11.8 Å². The van der Waals surface area contributed by atoms with Crippen LogP contribution in [0.1, 0.15) is 6.42 Å². The lowest BCUT2D eigenvalue weighted by atomic mass is 9.63. The van der Waals surface area contributed by atoms with Gasteiger partial charge in [0.25, 0.3) is 0 Å². The van der Waals surface area contributed by atoms with E-state index in [1.807, 2.05) is 0 Å². The Labute approximate surface area is 126 Å². The lowest BCUT2D eigenvalue weighted by Crippen LogP contribution is -2.40. The van der Waals surface area contributed by atoms with Crippen molar-refractivity contribution in [2.24, 2.45) is 35.5 Å². The van der Waals surface area contributed by atoms with Crippen LogP contribution in [0, 0.1) is 35.5 Å². The summed E-state index contributed by atoms with van der Waals surface area (Å²) in [6.07, 6.45) is 7.04. The van der Waals surface area contributed by atoms with Crippen LogP contribution in [0.15, 0.2) is 30.5 Å². The van der Waals surface area contributed by atoms with E-state index < -0.39 is 0 Å². The Morgan fingerprint density at radius 3 is 2.29 bits per heavy atom. The maximum absolute atomic E-state index is 12.8. The number of hydrogen-bond donors (Lipinski definition) is 0. The summed E-state index contributed by atoms with van der Waals surface area (Å²) in [5.74, 6) is 1.52. The van der Waals surface area contributed by atoms with Gasteiger partial charge in [-0.3, -0.25) is 9.59 Å². The molecule has 0 spiro atoms. The molecule has 1 aromatic heterocycles. The first-order chi connectivity index (χ1) is 10.2. The van der Waals surface area contributed by atoms with Crippen LogP contribution in [0.5, 0.6) is 0 Å². The molecular formula is C16H13ClN2O2. The van der Waals surface area contributed by atoms with Crippen molar-refractivity contribution in [3.05, 3.63) is 35.5 Å². The van der Waals surface area contributed by atoms with E-state index in [9.17, 15) is 9.59 Å². The highest BCUT2D eigenvalue weighted by Crippen LogP contribution is 2.65. The molecule has 5 heteroatoms. The Morgan fingerprint density at radius 2 is 1.71 bits per heavy atom. The van der Waals surface area contributed by atoms with Gasteiger partial charge >= 0.3 is 0 Å². The fraction of sp³-hybridized carbons (Fsp3) is 0.438. The number of hydrogen-bond acceptors (Lipinski definition) is 3. The highest BCUT2D eigenvalue weighted by atomic mass is 35.5. The van der Waals surface area contributed by atoms with Crippen LogP contribution in [0.4, 0.5) is 5.82 Å². The Hall–Kier alpha value is -1.68. The molecule has 106 valence electrons. The zero-order valence-corrected chi connectivity index (χ0v) is 11.9. The van der Waals surface area contributed by atoms with Crippen LogP contribution in [-0.2, 0) is 9.59 Å². The third-order valence-corrected chi connectivity index (χ3v) is 5.83. The number of anilines is 1. The monoisotopic (exact) mass is 300 g/mol. The van der Waals surface area contributed by atoms with Crippen LogP contribution in [0.2, 0.25) is 5.02 Å². The minimum absolute atomic E-state index is 0.0931. The fourth-order valence-corrected chi connectivity index (χ4v) is 4.85. The molecule has 4 aliphatic carbocycles. The zero-order valence-electron chi connectivity index (χ0n) is 11.1. The molecule has 2 heterocycles. The second-order valence-electron chi connectivity index (χ2n) is 6.50. The molecular weight excluding hydrogens is 288 g/mol. The third kappa shape index (κ3) is 1.39. The van der Waals surface area contributed by atoms with Gasteiger partial charge in [-0.05, 0) is 36.2 Å². The van der Waals surface area contributed by atoms with E-state index in [0.717, 1.165) is 0 Å². The number of amides is 2. The number of rotatable bonds is 1. The molecule has 2 amide bonds. The average molecular weight is 301 g/mol. The van der Waals surface area contributed by atoms with E-state index in [2.05, 4.69) is 17.1 Å². The minimum atomic E-state index is -0.183. The quantitative estimate of drug-likeness (QED) is 0.590. The van der Waals surface area contributed by atoms with Crippen LogP contribution >= 0.6 is 11.6 Å². The van der Waals surface area contributed by atoms with Crippen molar-refractivity contribution in [1.82, 2.24) is 4.98 Å². The van der Waals surface area contributed by atoms with E-state index in [1.165, 1.54) is 17.5 Å². The van der Waals surface area contributed by atoms with Crippen molar-refractivity contribution in [1.29, 1.82) is 0 Å². The highest BCUT2D eigenvalue weighted by molar-refractivity contribution is 6.31. The summed E-state index contributed by atoms with van der Waals surface area (Å²) in [5, 5.41) is 0.486. The van der Waals surface area contributed by atoms with E-state index >= 15 is 0 Å². The van der Waals surface area contributed by atoms with Gasteiger partial charge in [-0.15, -0.1) is 0 Å².